The van der Waals surface area contributed by atoms with Crippen molar-refractivity contribution in [1.29, 1.82) is 0 Å². The Morgan fingerprint density at radius 1 is 1.07 bits per heavy atom. The van der Waals surface area contributed by atoms with Gasteiger partial charge in [0.1, 0.15) is 5.58 Å². The number of hydrogen-bond acceptors (Lipinski definition) is 5. The molecule has 0 amide bonds. The number of fused-ring (bicyclic) bond motifs is 2. The minimum atomic E-state index is -0.493. The Morgan fingerprint density at radius 3 is 2.59 bits per heavy atom. The summed E-state index contributed by atoms with van der Waals surface area (Å²) in [5.74, 6) is -0.493. The molecule has 29 heavy (non-hydrogen) atoms. The molecule has 0 aliphatic heterocycles. The molecule has 0 aliphatic carbocycles. The van der Waals surface area contributed by atoms with Crippen LogP contribution in [0.4, 0.5) is 0 Å². The Balaban J connectivity index is 1.69. The number of pyridine rings is 1. The van der Waals surface area contributed by atoms with Crippen LogP contribution in [0, 0.1) is 20.8 Å². The van der Waals surface area contributed by atoms with Crippen LogP contribution >= 0.6 is 0 Å². The van der Waals surface area contributed by atoms with Crippen LogP contribution in [0.3, 0.4) is 0 Å². The van der Waals surface area contributed by atoms with E-state index in [-0.39, 0.29) is 28.7 Å². The van der Waals surface area contributed by atoms with Crippen molar-refractivity contribution in [2.24, 2.45) is 0 Å². The predicted octanol–water partition coefficient (Wildman–Crippen LogP) is 4.67. The molecule has 5 heteroatoms. The summed E-state index contributed by atoms with van der Waals surface area (Å²) in [7, 11) is 0. The van der Waals surface area contributed by atoms with Gasteiger partial charge in [0.25, 0.3) is 0 Å². The van der Waals surface area contributed by atoms with Gasteiger partial charge in [-0.05, 0) is 49.6 Å². The molecular weight excluding hydrogens is 366 g/mol. The average Bonchev–Trinajstić information content (AvgIpc) is 2.67. The SMILES string of the molecule is Cc1cc(C)c2c(=O)c3cc(C(=O)OCCc4ccccc4)c(C)nc3oc2c1. The maximum Gasteiger partial charge on any atom is 0.340 e. The molecule has 0 aliphatic rings. The van der Waals surface area contributed by atoms with Gasteiger partial charge in [0, 0.05) is 6.42 Å². The third-order valence-electron chi connectivity index (χ3n) is 4.99. The quantitative estimate of drug-likeness (QED) is 0.376. The monoisotopic (exact) mass is 387 g/mol. The molecule has 5 nitrogen and oxygen atoms in total. The summed E-state index contributed by atoms with van der Waals surface area (Å²) >= 11 is 0. The lowest BCUT2D eigenvalue weighted by atomic mass is 10.0. The van der Waals surface area contributed by atoms with Crippen molar-refractivity contribution in [2.75, 3.05) is 6.61 Å². The topological polar surface area (TPSA) is 69.4 Å². The maximum absolute atomic E-state index is 13.1. The minimum absolute atomic E-state index is 0.190. The second kappa shape index (κ2) is 7.51. The fraction of sp³-hybridized carbons (Fsp3) is 0.208. The number of carbonyl (C=O) groups excluding carboxylic acids is 1. The first-order chi connectivity index (χ1) is 13.9. The summed E-state index contributed by atoms with van der Waals surface area (Å²) < 4.78 is 11.3. The lowest BCUT2D eigenvalue weighted by Gasteiger charge is -2.09. The highest BCUT2D eigenvalue weighted by molar-refractivity contribution is 5.97. The Bertz CT molecular complexity index is 1290. The Kier molecular flexibility index (Phi) is 4.89. The lowest BCUT2D eigenvalue weighted by Crippen LogP contribution is -2.13. The van der Waals surface area contributed by atoms with E-state index in [1.54, 1.807) is 6.92 Å². The number of carbonyl (C=O) groups is 1. The molecule has 4 aromatic rings. The van der Waals surface area contributed by atoms with Gasteiger partial charge < -0.3 is 9.15 Å². The molecule has 0 unspecified atom stereocenters. The van der Waals surface area contributed by atoms with Crippen LogP contribution in [0.5, 0.6) is 0 Å². The van der Waals surface area contributed by atoms with Crippen molar-refractivity contribution in [3.8, 4) is 0 Å². The van der Waals surface area contributed by atoms with Crippen LogP contribution in [0.25, 0.3) is 22.1 Å². The molecule has 4 rings (SSSR count). The van der Waals surface area contributed by atoms with E-state index >= 15 is 0 Å². The number of hydrogen-bond donors (Lipinski definition) is 0. The van der Waals surface area contributed by atoms with Crippen molar-refractivity contribution < 1.29 is 13.9 Å². The van der Waals surface area contributed by atoms with Crippen LogP contribution in [-0.4, -0.2) is 17.6 Å². The Hall–Kier alpha value is -3.47. The van der Waals surface area contributed by atoms with Gasteiger partial charge in [-0.25, -0.2) is 9.78 Å². The normalized spacial score (nSPS) is 11.1. The summed E-state index contributed by atoms with van der Waals surface area (Å²) in [6, 6.07) is 15.1. The minimum Gasteiger partial charge on any atom is -0.462 e. The summed E-state index contributed by atoms with van der Waals surface area (Å²) in [6.07, 6.45) is 0.623. The summed E-state index contributed by atoms with van der Waals surface area (Å²) in [4.78, 5) is 30.0. The van der Waals surface area contributed by atoms with Gasteiger partial charge >= 0.3 is 5.97 Å². The molecule has 0 saturated heterocycles. The zero-order valence-electron chi connectivity index (χ0n) is 16.6. The predicted molar refractivity (Wildman–Crippen MR) is 112 cm³/mol. The van der Waals surface area contributed by atoms with E-state index < -0.39 is 5.97 Å². The molecule has 0 atom stereocenters. The molecule has 2 heterocycles. The summed E-state index contributed by atoms with van der Waals surface area (Å²) in [5, 5.41) is 0.794. The highest BCUT2D eigenvalue weighted by atomic mass is 16.5. The van der Waals surface area contributed by atoms with E-state index in [0.29, 0.717) is 23.1 Å². The number of nitrogens with zero attached hydrogens (tertiary/aromatic N) is 1. The molecule has 0 fully saturated rings. The van der Waals surface area contributed by atoms with Gasteiger partial charge in [-0.2, -0.15) is 0 Å². The standard InChI is InChI=1S/C24H21NO4/c1-14-11-15(2)21-20(12-14)29-23-19(22(21)26)13-18(16(3)25-23)24(27)28-10-9-17-7-5-4-6-8-17/h4-8,11-13H,9-10H2,1-3H3. The molecule has 0 saturated carbocycles. The molecular formula is C24H21NO4. The molecule has 0 radical (unpaired) electrons. The van der Waals surface area contributed by atoms with E-state index in [0.717, 1.165) is 16.7 Å². The first-order valence-electron chi connectivity index (χ1n) is 9.50. The third-order valence-corrected chi connectivity index (χ3v) is 4.99. The fourth-order valence-corrected chi connectivity index (χ4v) is 3.55. The Morgan fingerprint density at radius 2 is 1.83 bits per heavy atom. The van der Waals surface area contributed by atoms with Crippen molar-refractivity contribution in [1.82, 2.24) is 4.98 Å². The van der Waals surface area contributed by atoms with Crippen LogP contribution < -0.4 is 5.43 Å². The fourth-order valence-electron chi connectivity index (χ4n) is 3.55. The second-order valence-electron chi connectivity index (χ2n) is 7.23. The van der Waals surface area contributed by atoms with Crippen molar-refractivity contribution >= 4 is 28.0 Å². The van der Waals surface area contributed by atoms with Gasteiger partial charge in [-0.3, -0.25) is 4.79 Å². The van der Waals surface area contributed by atoms with Crippen molar-refractivity contribution in [3.63, 3.8) is 0 Å². The first-order valence-corrected chi connectivity index (χ1v) is 9.50. The second-order valence-corrected chi connectivity index (χ2v) is 7.23. The van der Waals surface area contributed by atoms with Crippen LogP contribution in [0.2, 0.25) is 0 Å². The van der Waals surface area contributed by atoms with E-state index in [4.69, 9.17) is 9.15 Å². The molecule has 2 aromatic heterocycles. The van der Waals surface area contributed by atoms with Crippen LogP contribution in [-0.2, 0) is 11.2 Å². The van der Waals surface area contributed by atoms with Crippen LogP contribution in [0.1, 0.15) is 32.7 Å². The summed E-state index contributed by atoms with van der Waals surface area (Å²) in [6.45, 7) is 5.78. The average molecular weight is 387 g/mol. The van der Waals surface area contributed by atoms with Crippen molar-refractivity contribution in [2.45, 2.75) is 27.2 Å². The smallest absolute Gasteiger partial charge is 0.340 e. The van der Waals surface area contributed by atoms with E-state index in [2.05, 4.69) is 4.98 Å². The highest BCUT2D eigenvalue weighted by Crippen LogP contribution is 2.23. The number of benzene rings is 2. The highest BCUT2D eigenvalue weighted by Gasteiger charge is 2.18. The number of ether oxygens (including phenoxy) is 1. The molecule has 0 bridgehead atoms. The molecule has 0 spiro atoms. The molecule has 0 N–H and O–H groups in total. The third kappa shape index (κ3) is 3.63. The maximum atomic E-state index is 13.1. The van der Waals surface area contributed by atoms with E-state index in [1.807, 2.05) is 56.3 Å². The lowest BCUT2D eigenvalue weighted by molar-refractivity contribution is 0.0508. The van der Waals surface area contributed by atoms with E-state index in [9.17, 15) is 9.59 Å². The number of esters is 1. The number of aryl methyl sites for hydroxylation is 3. The number of aromatic nitrogens is 1. The van der Waals surface area contributed by atoms with Gasteiger partial charge in [0.2, 0.25) is 11.1 Å². The number of rotatable bonds is 4. The largest absolute Gasteiger partial charge is 0.462 e. The zero-order chi connectivity index (χ0) is 20.5. The van der Waals surface area contributed by atoms with Crippen LogP contribution in [0.15, 0.2) is 57.7 Å². The van der Waals surface area contributed by atoms with Gasteiger partial charge in [0.05, 0.1) is 28.6 Å². The Labute approximate surface area is 168 Å². The van der Waals surface area contributed by atoms with E-state index in [1.165, 1.54) is 6.07 Å². The molecule has 146 valence electrons. The summed E-state index contributed by atoms with van der Waals surface area (Å²) in [5.41, 5.74) is 4.22. The van der Waals surface area contributed by atoms with Crippen molar-refractivity contribution in [3.05, 3.63) is 86.7 Å². The van der Waals surface area contributed by atoms with Gasteiger partial charge in [-0.1, -0.05) is 36.4 Å². The molecule has 2 aromatic carbocycles. The zero-order valence-corrected chi connectivity index (χ0v) is 16.6. The first kappa shape index (κ1) is 18.9. The van der Waals surface area contributed by atoms with Gasteiger partial charge in [-0.15, -0.1) is 0 Å². The van der Waals surface area contributed by atoms with Gasteiger partial charge in [0.15, 0.2) is 0 Å².